The molecule has 9 heteroatoms. The van der Waals surface area contributed by atoms with Gasteiger partial charge in [-0.05, 0) is 55.6 Å². The molecule has 4 aliphatic rings. The van der Waals surface area contributed by atoms with Crippen molar-refractivity contribution >= 4 is 11.8 Å². The number of amides is 2. The van der Waals surface area contributed by atoms with Crippen molar-refractivity contribution in [2.75, 3.05) is 32.9 Å². The fraction of sp³-hybridized carbons (Fsp3) is 0.688. The summed E-state index contributed by atoms with van der Waals surface area (Å²) in [5.74, 6) is 0.977. The van der Waals surface area contributed by atoms with Crippen LogP contribution in [0.15, 0.2) is 35.9 Å². The molecule has 9 nitrogen and oxygen atoms in total. The van der Waals surface area contributed by atoms with Crippen molar-refractivity contribution in [2.24, 2.45) is 17.8 Å². The van der Waals surface area contributed by atoms with Gasteiger partial charge >= 0.3 is 0 Å². The first kappa shape index (κ1) is 30.0. The Balaban J connectivity index is 1.43. The number of rotatable bonds is 10. The summed E-state index contributed by atoms with van der Waals surface area (Å²) in [7, 11) is 0. The third-order valence-corrected chi connectivity index (χ3v) is 9.36. The van der Waals surface area contributed by atoms with Crippen molar-refractivity contribution in [3.63, 3.8) is 0 Å². The molecule has 2 aliphatic carbocycles. The number of para-hydroxylation sites is 1. The van der Waals surface area contributed by atoms with Crippen LogP contribution in [-0.4, -0.2) is 90.3 Å². The average Bonchev–Trinajstić information content (AvgIpc) is 3.62. The van der Waals surface area contributed by atoms with Crippen LogP contribution in [0.4, 0.5) is 0 Å². The van der Waals surface area contributed by atoms with E-state index in [-0.39, 0.29) is 43.8 Å². The molecular weight excluding hydrogens is 524 g/mol. The molecule has 226 valence electrons. The van der Waals surface area contributed by atoms with Gasteiger partial charge in [0.25, 0.3) is 0 Å². The van der Waals surface area contributed by atoms with Gasteiger partial charge in [0.15, 0.2) is 0 Å². The maximum atomic E-state index is 14.0. The van der Waals surface area contributed by atoms with Crippen LogP contribution in [0.2, 0.25) is 0 Å². The van der Waals surface area contributed by atoms with Crippen LogP contribution in [0.5, 0.6) is 5.75 Å². The van der Waals surface area contributed by atoms with Crippen molar-refractivity contribution in [1.29, 1.82) is 0 Å². The Morgan fingerprint density at radius 3 is 2.73 bits per heavy atom. The number of benzene rings is 1. The van der Waals surface area contributed by atoms with Gasteiger partial charge in [-0.3, -0.25) is 9.59 Å². The second kappa shape index (κ2) is 13.2. The molecule has 0 radical (unpaired) electrons. The number of hydrogen-bond acceptors (Lipinski definition) is 7. The van der Waals surface area contributed by atoms with Crippen molar-refractivity contribution in [2.45, 2.75) is 89.3 Å². The monoisotopic (exact) mass is 570 g/mol. The number of carbonyl (C=O) groups excluding carboxylic acids is 2. The Hall–Kier alpha value is -2.46. The molecule has 0 bridgehead atoms. The van der Waals surface area contributed by atoms with Crippen LogP contribution in [0.1, 0.15) is 64.4 Å². The van der Waals surface area contributed by atoms with Gasteiger partial charge in [0.05, 0.1) is 30.8 Å². The number of aliphatic hydroxyl groups excluding tert-OH is 2. The molecule has 0 spiro atoms. The number of carbonyl (C=O) groups is 2. The fourth-order valence-corrected chi connectivity index (χ4v) is 7.16. The molecule has 1 aromatic carbocycles. The highest BCUT2D eigenvalue weighted by molar-refractivity contribution is 5.96. The van der Waals surface area contributed by atoms with E-state index in [0.29, 0.717) is 42.2 Å². The van der Waals surface area contributed by atoms with E-state index >= 15 is 0 Å². The smallest absolute Gasteiger partial charge is 0.249 e. The minimum atomic E-state index is -1.06. The van der Waals surface area contributed by atoms with Gasteiger partial charge in [0, 0.05) is 30.8 Å². The second-order valence-electron chi connectivity index (χ2n) is 12.5. The zero-order valence-corrected chi connectivity index (χ0v) is 24.5. The molecule has 1 aromatic rings. The number of nitrogens with one attached hydrogen (secondary N) is 1. The van der Waals surface area contributed by atoms with Gasteiger partial charge in [-0.25, -0.2) is 0 Å². The van der Waals surface area contributed by atoms with Crippen LogP contribution in [0.25, 0.3) is 0 Å². The summed E-state index contributed by atoms with van der Waals surface area (Å²) >= 11 is 0. The Morgan fingerprint density at radius 2 is 2.00 bits per heavy atom. The van der Waals surface area contributed by atoms with Gasteiger partial charge in [-0.1, -0.05) is 45.4 Å². The highest BCUT2D eigenvalue weighted by Gasteiger charge is 2.50. The number of nitrogens with zero attached hydrogens (tertiary/aromatic N) is 1. The Kier molecular flexibility index (Phi) is 9.69. The van der Waals surface area contributed by atoms with Crippen molar-refractivity contribution < 1.29 is 34.0 Å². The first-order valence-corrected chi connectivity index (χ1v) is 15.4. The zero-order valence-electron chi connectivity index (χ0n) is 24.5. The zero-order chi connectivity index (χ0) is 29.1. The maximum absolute atomic E-state index is 14.0. The summed E-state index contributed by atoms with van der Waals surface area (Å²) in [4.78, 5) is 29.0. The lowest BCUT2D eigenvalue weighted by Gasteiger charge is -2.42. The second-order valence-corrected chi connectivity index (χ2v) is 12.5. The third kappa shape index (κ3) is 6.48. The van der Waals surface area contributed by atoms with E-state index < -0.39 is 24.2 Å². The Labute approximate surface area is 243 Å². The number of aliphatic hydroxyl groups is 2. The summed E-state index contributed by atoms with van der Waals surface area (Å²) in [5.41, 5.74) is 1.25. The molecule has 3 N–H and O–H groups in total. The van der Waals surface area contributed by atoms with E-state index in [4.69, 9.17) is 14.2 Å². The minimum absolute atomic E-state index is 0.0102. The molecule has 0 aromatic heterocycles. The molecule has 5 rings (SSSR count). The van der Waals surface area contributed by atoms with E-state index in [2.05, 4.69) is 26.1 Å². The predicted octanol–water partition coefficient (Wildman–Crippen LogP) is 2.79. The quantitative estimate of drug-likeness (QED) is 0.396. The minimum Gasteiger partial charge on any atom is -0.486 e. The van der Waals surface area contributed by atoms with Gasteiger partial charge in [0.2, 0.25) is 11.8 Å². The van der Waals surface area contributed by atoms with E-state index in [1.165, 1.54) is 6.42 Å². The van der Waals surface area contributed by atoms with Gasteiger partial charge in [-0.2, -0.15) is 0 Å². The number of hydrogen-bond donors (Lipinski definition) is 3. The number of fused-ring (bicyclic) bond motifs is 3. The van der Waals surface area contributed by atoms with Crippen LogP contribution in [0.3, 0.4) is 0 Å². The fourth-order valence-electron chi connectivity index (χ4n) is 7.16. The van der Waals surface area contributed by atoms with Crippen molar-refractivity contribution in [3.8, 4) is 5.75 Å². The SMILES string of the molecule is CC(C)[C@H]1CC[C@H](C)C[C@@H]1OCC(=O)N(C[C@H]1CCCO1)[C@@H]1C=C(C(=O)NCCO)[C@@H]2c3ccccc3O[C@@H]2[C@H]1O. The van der Waals surface area contributed by atoms with Gasteiger partial charge < -0.3 is 34.6 Å². The highest BCUT2D eigenvalue weighted by atomic mass is 16.5. The molecule has 1 saturated heterocycles. The average molecular weight is 571 g/mol. The molecular formula is C32H46N2O7. The first-order chi connectivity index (χ1) is 19.8. The maximum Gasteiger partial charge on any atom is 0.249 e. The van der Waals surface area contributed by atoms with Crippen LogP contribution in [-0.2, 0) is 19.1 Å². The molecule has 1 saturated carbocycles. The molecule has 2 amide bonds. The van der Waals surface area contributed by atoms with Crippen LogP contribution in [0, 0.1) is 17.8 Å². The summed E-state index contributed by atoms with van der Waals surface area (Å²) in [6, 6.07) is 6.67. The molecule has 0 unspecified atom stereocenters. The first-order valence-electron chi connectivity index (χ1n) is 15.4. The standard InChI is InChI=1S/C32H46N2O7/c1-19(2)22-11-10-20(3)15-27(22)40-18-28(36)34(17-21-7-6-14-39-21)25-16-24(32(38)33-12-13-35)29-23-8-4-5-9-26(23)41-31(29)30(25)37/h4-5,8-9,16,19-22,25,27,29-31,35,37H,6-7,10-15,17-18H2,1-3H3,(H,33,38)/t20-,21+,22+,25+,27-,29-,30-,31-/m0/s1. The van der Waals surface area contributed by atoms with E-state index in [1.807, 2.05) is 24.3 Å². The Morgan fingerprint density at radius 1 is 1.20 bits per heavy atom. The molecule has 2 heterocycles. The summed E-state index contributed by atoms with van der Waals surface area (Å²) < 4.78 is 18.5. The summed E-state index contributed by atoms with van der Waals surface area (Å²) in [6.07, 6.45) is 4.72. The highest BCUT2D eigenvalue weighted by Crippen LogP contribution is 2.47. The molecule has 41 heavy (non-hydrogen) atoms. The van der Waals surface area contributed by atoms with Crippen LogP contribution < -0.4 is 10.1 Å². The summed E-state index contributed by atoms with van der Waals surface area (Å²) in [6.45, 7) is 7.42. The lowest BCUT2D eigenvalue weighted by atomic mass is 9.75. The number of ether oxygens (including phenoxy) is 3. The van der Waals surface area contributed by atoms with Crippen molar-refractivity contribution in [3.05, 3.63) is 41.5 Å². The lowest BCUT2D eigenvalue weighted by molar-refractivity contribution is -0.149. The Bertz CT molecular complexity index is 1100. The largest absolute Gasteiger partial charge is 0.486 e. The van der Waals surface area contributed by atoms with Crippen molar-refractivity contribution in [1.82, 2.24) is 10.2 Å². The van der Waals surface area contributed by atoms with E-state index in [9.17, 15) is 19.8 Å². The van der Waals surface area contributed by atoms with Crippen LogP contribution >= 0.6 is 0 Å². The topological polar surface area (TPSA) is 118 Å². The van der Waals surface area contributed by atoms with E-state index in [1.54, 1.807) is 11.0 Å². The van der Waals surface area contributed by atoms with E-state index in [0.717, 1.165) is 31.2 Å². The predicted molar refractivity (Wildman–Crippen MR) is 153 cm³/mol. The normalized spacial score (nSPS) is 32.6. The molecule has 8 atom stereocenters. The third-order valence-electron chi connectivity index (χ3n) is 9.36. The summed E-state index contributed by atoms with van der Waals surface area (Å²) in [5, 5.41) is 23.8. The van der Waals surface area contributed by atoms with Gasteiger partial charge in [-0.15, -0.1) is 0 Å². The molecule has 2 aliphatic heterocycles. The van der Waals surface area contributed by atoms with Gasteiger partial charge in [0.1, 0.15) is 24.6 Å². The lowest BCUT2D eigenvalue weighted by Crippen LogP contribution is -2.57. The molecule has 2 fully saturated rings.